The number of nitrogens with zero attached hydrogens (tertiary/aromatic N) is 1. The number of pyridine rings is 1. The fraction of sp³-hybridized carbons (Fsp3) is 0.500. The summed E-state index contributed by atoms with van der Waals surface area (Å²) in [6.07, 6.45) is 1.50. The molecular formula is C10H15BF2N+. The Morgan fingerprint density at radius 3 is 2.57 bits per heavy atom. The molecule has 0 aliphatic carbocycles. The van der Waals surface area contributed by atoms with Gasteiger partial charge < -0.3 is 0 Å². The number of hydrogen-bond acceptors (Lipinski definition) is 0. The molecule has 0 amide bonds. The van der Waals surface area contributed by atoms with Crippen molar-refractivity contribution in [1.29, 1.82) is 0 Å². The van der Waals surface area contributed by atoms with Crippen LogP contribution in [0.1, 0.15) is 31.0 Å². The molecule has 1 aromatic rings. The zero-order chi connectivity index (χ0) is 10.7. The molecule has 0 bridgehead atoms. The van der Waals surface area contributed by atoms with Crippen LogP contribution >= 0.6 is 0 Å². The van der Waals surface area contributed by atoms with Gasteiger partial charge in [0, 0.05) is 17.5 Å². The van der Waals surface area contributed by atoms with Crippen LogP contribution in [0, 0.1) is 6.92 Å². The van der Waals surface area contributed by atoms with E-state index in [2.05, 4.69) is 0 Å². The smallest absolute Gasteiger partial charge is 0.280 e. The van der Waals surface area contributed by atoms with Gasteiger partial charge >= 0.3 is 7.27 Å². The Bertz CT molecular complexity index is 313. The topological polar surface area (TPSA) is 3.88 Å². The number of aryl methyl sites for hydroxylation is 1. The van der Waals surface area contributed by atoms with Crippen LogP contribution in [0.3, 0.4) is 0 Å². The first kappa shape index (κ1) is 11.2. The Balaban J connectivity index is 3.08. The van der Waals surface area contributed by atoms with Crippen molar-refractivity contribution in [2.75, 3.05) is 0 Å². The summed E-state index contributed by atoms with van der Waals surface area (Å²) in [7, 11) is -2.29. The SMILES string of the molecule is Cc1ccc[n+](CB(F)F)c1C(C)C. The van der Waals surface area contributed by atoms with Crippen molar-refractivity contribution in [3.05, 3.63) is 29.6 Å². The van der Waals surface area contributed by atoms with E-state index in [4.69, 9.17) is 0 Å². The van der Waals surface area contributed by atoms with Gasteiger partial charge in [-0.15, -0.1) is 0 Å². The van der Waals surface area contributed by atoms with Crippen LogP contribution < -0.4 is 4.57 Å². The standard InChI is InChI=1S/C10H15BF2N/c1-8(2)10-9(3)5-4-6-14(10)7-11(12)13/h4-6,8H,7H2,1-3H3/q+1. The fourth-order valence-electron chi connectivity index (χ4n) is 1.78. The molecule has 0 radical (unpaired) electrons. The third-order valence-corrected chi connectivity index (χ3v) is 2.21. The van der Waals surface area contributed by atoms with Gasteiger partial charge in [0.1, 0.15) is 0 Å². The highest BCUT2D eigenvalue weighted by Crippen LogP contribution is 2.13. The highest BCUT2D eigenvalue weighted by atomic mass is 19.2. The lowest BCUT2D eigenvalue weighted by Crippen LogP contribution is -2.43. The summed E-state index contributed by atoms with van der Waals surface area (Å²) in [5.74, 6) is 0.273. The molecule has 0 aromatic carbocycles. The first-order valence-corrected chi connectivity index (χ1v) is 4.79. The van der Waals surface area contributed by atoms with Crippen molar-refractivity contribution in [3.63, 3.8) is 0 Å². The summed E-state index contributed by atoms with van der Waals surface area (Å²) in [6.45, 7) is 5.99. The van der Waals surface area contributed by atoms with Crippen molar-refractivity contribution >= 4 is 7.27 Å². The zero-order valence-corrected chi connectivity index (χ0v) is 8.80. The van der Waals surface area contributed by atoms with Gasteiger partial charge in [0.25, 0.3) is 0 Å². The molecule has 14 heavy (non-hydrogen) atoms. The maximum Gasteiger partial charge on any atom is 0.604 e. The van der Waals surface area contributed by atoms with E-state index < -0.39 is 7.27 Å². The van der Waals surface area contributed by atoms with Crippen LogP contribution in [-0.4, -0.2) is 7.27 Å². The maximum absolute atomic E-state index is 12.3. The van der Waals surface area contributed by atoms with E-state index in [1.54, 1.807) is 10.8 Å². The van der Waals surface area contributed by atoms with Crippen molar-refractivity contribution in [1.82, 2.24) is 0 Å². The first-order valence-electron chi connectivity index (χ1n) is 4.79. The molecule has 0 unspecified atom stereocenters. The Kier molecular flexibility index (Phi) is 3.61. The third-order valence-electron chi connectivity index (χ3n) is 2.21. The van der Waals surface area contributed by atoms with E-state index in [1.807, 2.05) is 32.9 Å². The summed E-state index contributed by atoms with van der Waals surface area (Å²) in [6, 6.07) is 3.76. The second kappa shape index (κ2) is 4.53. The van der Waals surface area contributed by atoms with Gasteiger partial charge in [0.05, 0.1) is 0 Å². The number of halogens is 2. The molecule has 1 aromatic heterocycles. The molecule has 1 nitrogen and oxygen atoms in total. The lowest BCUT2D eigenvalue weighted by Gasteiger charge is -2.08. The summed E-state index contributed by atoms with van der Waals surface area (Å²) in [5.41, 5.74) is 2.07. The van der Waals surface area contributed by atoms with E-state index in [-0.39, 0.29) is 12.4 Å². The van der Waals surface area contributed by atoms with Crippen LogP contribution in [-0.2, 0) is 6.44 Å². The maximum atomic E-state index is 12.3. The molecule has 0 aliphatic heterocycles. The average Bonchev–Trinajstić information content (AvgIpc) is 2.01. The molecule has 0 atom stereocenters. The predicted molar refractivity (Wildman–Crippen MR) is 53.4 cm³/mol. The highest BCUT2D eigenvalue weighted by molar-refractivity contribution is 6.40. The molecule has 0 aliphatic rings. The molecule has 0 N–H and O–H groups in total. The number of hydrogen-bond donors (Lipinski definition) is 0. The lowest BCUT2D eigenvalue weighted by molar-refractivity contribution is -0.690. The Morgan fingerprint density at radius 2 is 2.07 bits per heavy atom. The van der Waals surface area contributed by atoms with Crippen LogP contribution in [0.15, 0.2) is 18.3 Å². The third kappa shape index (κ3) is 2.53. The molecule has 0 saturated heterocycles. The van der Waals surface area contributed by atoms with Crippen molar-refractivity contribution in [3.8, 4) is 0 Å². The van der Waals surface area contributed by atoms with Crippen LogP contribution in [0.2, 0.25) is 0 Å². The van der Waals surface area contributed by atoms with Gasteiger partial charge in [-0.25, -0.2) is 4.57 Å². The monoisotopic (exact) mass is 198 g/mol. The summed E-state index contributed by atoms with van der Waals surface area (Å²) in [4.78, 5) is 0. The van der Waals surface area contributed by atoms with Gasteiger partial charge in [-0.1, -0.05) is 13.8 Å². The summed E-state index contributed by atoms with van der Waals surface area (Å²) in [5, 5.41) is 0. The van der Waals surface area contributed by atoms with E-state index in [0.717, 1.165) is 11.3 Å². The Hall–Kier alpha value is -0.925. The minimum Gasteiger partial charge on any atom is -0.280 e. The Labute approximate surface area is 83.9 Å². The largest absolute Gasteiger partial charge is 0.604 e. The van der Waals surface area contributed by atoms with E-state index in [0.29, 0.717) is 0 Å². The summed E-state index contributed by atoms with van der Waals surface area (Å²) < 4.78 is 26.2. The van der Waals surface area contributed by atoms with E-state index in [1.165, 1.54) is 0 Å². The number of aromatic nitrogens is 1. The van der Waals surface area contributed by atoms with Crippen molar-refractivity contribution in [2.24, 2.45) is 0 Å². The number of rotatable bonds is 3. The minimum absolute atomic E-state index is 0.213. The minimum atomic E-state index is -2.29. The average molecular weight is 198 g/mol. The molecule has 4 heteroatoms. The molecule has 0 saturated carbocycles. The lowest BCUT2D eigenvalue weighted by atomic mass is 9.96. The van der Waals surface area contributed by atoms with Crippen LogP contribution in [0.5, 0.6) is 0 Å². The summed E-state index contributed by atoms with van der Waals surface area (Å²) >= 11 is 0. The molecule has 0 fully saturated rings. The van der Waals surface area contributed by atoms with Gasteiger partial charge in [0.2, 0.25) is 0 Å². The van der Waals surface area contributed by atoms with Gasteiger partial charge in [0.15, 0.2) is 18.3 Å². The van der Waals surface area contributed by atoms with Crippen molar-refractivity contribution < 1.29 is 13.2 Å². The predicted octanol–water partition coefficient (Wildman–Crippen LogP) is 2.37. The molecular weight excluding hydrogens is 183 g/mol. The fourth-order valence-corrected chi connectivity index (χ4v) is 1.78. The normalized spacial score (nSPS) is 10.7. The highest BCUT2D eigenvalue weighted by Gasteiger charge is 2.24. The molecule has 0 spiro atoms. The molecule has 76 valence electrons. The second-order valence-electron chi connectivity index (χ2n) is 3.77. The quantitative estimate of drug-likeness (QED) is 0.518. The van der Waals surface area contributed by atoms with Crippen LogP contribution in [0.25, 0.3) is 0 Å². The Morgan fingerprint density at radius 1 is 1.43 bits per heavy atom. The zero-order valence-electron chi connectivity index (χ0n) is 8.80. The van der Waals surface area contributed by atoms with E-state index >= 15 is 0 Å². The van der Waals surface area contributed by atoms with Crippen LogP contribution in [0.4, 0.5) is 8.63 Å². The molecule has 1 rings (SSSR count). The van der Waals surface area contributed by atoms with Crippen molar-refractivity contribution in [2.45, 2.75) is 33.1 Å². The van der Waals surface area contributed by atoms with Gasteiger partial charge in [-0.2, -0.15) is 0 Å². The van der Waals surface area contributed by atoms with Gasteiger partial charge in [-0.3, -0.25) is 8.63 Å². The molecule has 1 heterocycles. The first-order chi connectivity index (χ1) is 6.52. The second-order valence-corrected chi connectivity index (χ2v) is 3.77. The van der Waals surface area contributed by atoms with E-state index in [9.17, 15) is 8.63 Å². The van der Waals surface area contributed by atoms with Gasteiger partial charge in [-0.05, 0) is 13.0 Å².